The van der Waals surface area contributed by atoms with Gasteiger partial charge in [-0.25, -0.2) is 14.2 Å². The summed E-state index contributed by atoms with van der Waals surface area (Å²) < 4.78 is 25.5. The van der Waals surface area contributed by atoms with Crippen molar-refractivity contribution < 1.29 is 23.5 Å². The number of urea groups is 1. The van der Waals surface area contributed by atoms with Crippen molar-refractivity contribution in [3.8, 4) is 17.0 Å². The number of nitrogens with zero attached hydrogens (tertiary/aromatic N) is 3. The van der Waals surface area contributed by atoms with Crippen LogP contribution in [0.3, 0.4) is 0 Å². The number of amides is 2. The minimum Gasteiger partial charge on any atom is -0.475 e. The van der Waals surface area contributed by atoms with E-state index >= 15 is 4.39 Å². The summed E-state index contributed by atoms with van der Waals surface area (Å²) in [6.07, 6.45) is 4.70. The molecule has 1 fully saturated rings. The lowest BCUT2D eigenvalue weighted by atomic mass is 9.88. The number of aldehydes is 1. The number of likely N-dealkylation sites (tertiary alicyclic amines) is 1. The van der Waals surface area contributed by atoms with E-state index in [1.165, 1.54) is 24.4 Å². The van der Waals surface area contributed by atoms with Crippen LogP contribution in [0.25, 0.3) is 11.1 Å². The van der Waals surface area contributed by atoms with Gasteiger partial charge in [0.15, 0.2) is 0 Å². The first kappa shape index (κ1) is 28.1. The molecule has 2 N–H and O–H groups in total. The number of hydrogen-bond donors (Lipinski definition) is 2. The molecule has 1 aliphatic rings. The topological polar surface area (TPSA) is 105 Å². The molecule has 3 rings (SSSR count). The zero-order chi connectivity index (χ0) is 26.9. The molecule has 9 nitrogen and oxygen atoms in total. The number of ether oxygens (including phenoxy) is 2. The van der Waals surface area contributed by atoms with Crippen molar-refractivity contribution >= 4 is 35.3 Å². The van der Waals surface area contributed by atoms with Crippen LogP contribution < -0.4 is 15.5 Å². The molecule has 2 unspecified atom stereocenters. The van der Waals surface area contributed by atoms with Gasteiger partial charge in [-0.3, -0.25) is 4.79 Å². The molecule has 2 aromatic rings. The first-order valence-electron chi connectivity index (χ1n) is 11.9. The SMILES string of the molecule is CCC1C(=N/NC)/C(=C\C=O)CC(C)N1C(=O)Nc1cc(Cl)c(-c2ccc(OCCOC)nc2)cc1F. The summed E-state index contributed by atoms with van der Waals surface area (Å²) >= 11 is 6.48. The summed E-state index contributed by atoms with van der Waals surface area (Å²) in [5.74, 6) is -0.230. The standard InChI is InChI=1S/C26H31ClFN5O4/c1-5-23-25(32-29-3)17(8-9-34)12-16(2)33(23)26(35)31-22-14-20(27)19(13-21(22)28)18-6-7-24(30-15-18)37-11-10-36-4/h6-9,13-16,23,29H,5,10-12H2,1-4H3,(H,31,35)/b17-8-,32-25+. The van der Waals surface area contributed by atoms with Crippen molar-refractivity contribution in [3.05, 3.63) is 53.0 Å². The van der Waals surface area contributed by atoms with Gasteiger partial charge in [0.25, 0.3) is 0 Å². The minimum absolute atomic E-state index is 0.0467. The number of hydrazone groups is 1. The second-order valence-electron chi connectivity index (χ2n) is 8.40. The van der Waals surface area contributed by atoms with Gasteiger partial charge in [-0.05, 0) is 49.6 Å². The quantitative estimate of drug-likeness (QED) is 0.211. The monoisotopic (exact) mass is 531 g/mol. The van der Waals surface area contributed by atoms with Crippen molar-refractivity contribution in [1.29, 1.82) is 0 Å². The lowest BCUT2D eigenvalue weighted by molar-refractivity contribution is -0.104. The second-order valence-corrected chi connectivity index (χ2v) is 8.81. The first-order chi connectivity index (χ1) is 17.8. The maximum atomic E-state index is 15.1. The molecule has 11 heteroatoms. The average molecular weight is 532 g/mol. The Bertz CT molecular complexity index is 1170. The minimum atomic E-state index is -0.642. The van der Waals surface area contributed by atoms with Crippen LogP contribution in [0.5, 0.6) is 5.88 Å². The van der Waals surface area contributed by atoms with Gasteiger partial charge in [-0.1, -0.05) is 18.5 Å². The van der Waals surface area contributed by atoms with E-state index in [9.17, 15) is 9.59 Å². The Kier molecular flexibility index (Phi) is 9.99. The van der Waals surface area contributed by atoms with Gasteiger partial charge in [-0.15, -0.1) is 0 Å². The Morgan fingerprint density at radius 3 is 2.76 bits per heavy atom. The molecule has 1 aliphatic heterocycles. The average Bonchev–Trinajstić information content (AvgIpc) is 2.88. The third-order valence-corrected chi connectivity index (χ3v) is 6.29. The summed E-state index contributed by atoms with van der Waals surface area (Å²) in [5, 5.41) is 7.22. The largest absolute Gasteiger partial charge is 0.475 e. The number of pyridine rings is 1. The van der Waals surface area contributed by atoms with E-state index in [1.54, 1.807) is 31.2 Å². The van der Waals surface area contributed by atoms with Crippen LogP contribution in [0.2, 0.25) is 5.02 Å². The Morgan fingerprint density at radius 1 is 1.35 bits per heavy atom. The molecular formula is C26H31ClFN5O4. The number of carbonyl (C=O) groups is 2. The van der Waals surface area contributed by atoms with Crippen molar-refractivity contribution in [2.45, 2.75) is 38.8 Å². The number of allylic oxidation sites excluding steroid dienone is 1. The Balaban J connectivity index is 1.82. The van der Waals surface area contributed by atoms with Crippen molar-refractivity contribution in [1.82, 2.24) is 15.3 Å². The molecule has 37 heavy (non-hydrogen) atoms. The van der Waals surface area contributed by atoms with Gasteiger partial charge < -0.3 is 25.1 Å². The fourth-order valence-corrected chi connectivity index (χ4v) is 4.58. The predicted molar refractivity (Wildman–Crippen MR) is 142 cm³/mol. The van der Waals surface area contributed by atoms with E-state index in [-0.39, 0.29) is 16.8 Å². The highest BCUT2D eigenvalue weighted by molar-refractivity contribution is 6.33. The maximum absolute atomic E-state index is 15.1. The van der Waals surface area contributed by atoms with E-state index in [0.717, 1.165) is 5.57 Å². The number of anilines is 1. The molecule has 1 saturated heterocycles. The summed E-state index contributed by atoms with van der Waals surface area (Å²) in [6.45, 7) is 4.58. The lowest BCUT2D eigenvalue weighted by Gasteiger charge is -2.42. The summed E-state index contributed by atoms with van der Waals surface area (Å²) in [5.41, 5.74) is 5.08. The highest BCUT2D eigenvalue weighted by atomic mass is 35.5. The van der Waals surface area contributed by atoms with E-state index in [1.807, 2.05) is 13.8 Å². The van der Waals surface area contributed by atoms with Crippen molar-refractivity contribution in [2.24, 2.45) is 5.10 Å². The number of nitrogens with one attached hydrogen (secondary N) is 2. The Labute approximate surface area is 220 Å². The van der Waals surface area contributed by atoms with E-state index < -0.39 is 17.9 Å². The number of aromatic nitrogens is 1. The summed E-state index contributed by atoms with van der Waals surface area (Å²) in [6, 6.07) is 4.88. The number of rotatable bonds is 9. The number of hydrogen-bond acceptors (Lipinski definition) is 7. The van der Waals surface area contributed by atoms with Crippen LogP contribution in [-0.2, 0) is 9.53 Å². The highest BCUT2D eigenvalue weighted by Crippen LogP contribution is 2.34. The third-order valence-electron chi connectivity index (χ3n) is 5.98. The second kappa shape index (κ2) is 13.2. The summed E-state index contributed by atoms with van der Waals surface area (Å²) in [7, 11) is 3.23. The molecule has 0 aliphatic carbocycles. The predicted octanol–water partition coefficient (Wildman–Crippen LogP) is 4.67. The molecular weight excluding hydrogens is 501 g/mol. The molecule has 0 bridgehead atoms. The molecule has 0 radical (unpaired) electrons. The zero-order valence-electron chi connectivity index (χ0n) is 21.3. The molecule has 2 heterocycles. The van der Waals surface area contributed by atoms with Gasteiger partial charge in [0.1, 0.15) is 18.7 Å². The van der Waals surface area contributed by atoms with E-state index in [0.29, 0.717) is 55.1 Å². The van der Waals surface area contributed by atoms with Crippen LogP contribution in [0.15, 0.2) is 47.2 Å². The third kappa shape index (κ3) is 6.64. The number of piperidine rings is 1. The highest BCUT2D eigenvalue weighted by Gasteiger charge is 2.38. The number of benzene rings is 1. The van der Waals surface area contributed by atoms with Crippen LogP contribution in [0, 0.1) is 5.82 Å². The van der Waals surface area contributed by atoms with E-state index in [4.69, 9.17) is 21.1 Å². The van der Waals surface area contributed by atoms with Crippen molar-refractivity contribution in [3.63, 3.8) is 0 Å². The molecule has 198 valence electrons. The first-order valence-corrected chi connectivity index (χ1v) is 12.3. The molecule has 1 aromatic heterocycles. The van der Waals surface area contributed by atoms with Crippen LogP contribution in [-0.4, -0.2) is 67.4 Å². The maximum Gasteiger partial charge on any atom is 0.322 e. The van der Waals surface area contributed by atoms with Gasteiger partial charge in [0.2, 0.25) is 5.88 Å². The number of carbonyl (C=O) groups excluding carboxylic acids is 2. The van der Waals surface area contributed by atoms with Gasteiger partial charge in [0, 0.05) is 43.6 Å². The van der Waals surface area contributed by atoms with Gasteiger partial charge in [-0.2, -0.15) is 5.10 Å². The molecule has 2 atom stereocenters. The Hall–Kier alpha value is -3.50. The van der Waals surface area contributed by atoms with Crippen molar-refractivity contribution in [2.75, 3.05) is 32.7 Å². The number of halogens is 2. The lowest BCUT2D eigenvalue weighted by Crippen LogP contribution is -2.55. The van der Waals surface area contributed by atoms with Gasteiger partial charge >= 0.3 is 6.03 Å². The van der Waals surface area contributed by atoms with Crippen LogP contribution in [0.4, 0.5) is 14.9 Å². The van der Waals surface area contributed by atoms with Crippen LogP contribution in [0.1, 0.15) is 26.7 Å². The fraction of sp³-hybridized carbons (Fsp3) is 0.385. The smallest absolute Gasteiger partial charge is 0.322 e. The molecule has 0 saturated carbocycles. The van der Waals surface area contributed by atoms with Gasteiger partial charge in [0.05, 0.1) is 29.1 Å². The van der Waals surface area contributed by atoms with E-state index in [2.05, 4.69) is 20.8 Å². The normalized spacial score (nSPS) is 19.7. The van der Waals surface area contributed by atoms with Crippen LogP contribution >= 0.6 is 11.6 Å². The Morgan fingerprint density at radius 2 is 2.14 bits per heavy atom. The molecule has 0 spiro atoms. The molecule has 1 aromatic carbocycles. The fourth-order valence-electron chi connectivity index (χ4n) is 4.31. The zero-order valence-corrected chi connectivity index (χ0v) is 22.0. The summed E-state index contributed by atoms with van der Waals surface area (Å²) in [4.78, 5) is 30.3. The molecule has 2 amide bonds. The number of methoxy groups -OCH3 is 1.